The molecule has 0 saturated heterocycles. The minimum absolute atomic E-state index is 0.202. The number of hydrogen-bond donors (Lipinski definition) is 6. The number of thioether (sulfide) groups is 1. The van der Waals surface area contributed by atoms with Crippen LogP contribution in [0.25, 0.3) is 0 Å². The summed E-state index contributed by atoms with van der Waals surface area (Å²) in [5.41, 5.74) is -0.785. The molecule has 0 spiro atoms. The van der Waals surface area contributed by atoms with E-state index in [1.54, 1.807) is 31.2 Å². The number of hydrogen-bond acceptors (Lipinski definition) is 7. The first-order valence-corrected chi connectivity index (χ1v) is 11.9. The average Bonchev–Trinajstić information content (AvgIpc) is 2.87. The topological polar surface area (TPSA) is 190 Å². The molecule has 0 aromatic heterocycles. The number of phenols is 1. The third kappa shape index (κ3) is 6.68. The van der Waals surface area contributed by atoms with E-state index in [0.29, 0.717) is 17.0 Å². The molecule has 3 aromatic rings. The molecule has 6 N–H and O–H groups in total. The van der Waals surface area contributed by atoms with Crippen molar-refractivity contribution in [3.8, 4) is 5.75 Å². The molecule has 196 valence electrons. The molecular formula is C26H22N2O9S. The summed E-state index contributed by atoms with van der Waals surface area (Å²) >= 11 is 1.19. The second-order valence-corrected chi connectivity index (χ2v) is 9.17. The highest BCUT2D eigenvalue weighted by Crippen LogP contribution is 2.29. The largest absolute Gasteiger partial charge is 0.507 e. The molecule has 0 heterocycles. The summed E-state index contributed by atoms with van der Waals surface area (Å²) in [5, 5.41) is 41.9. The van der Waals surface area contributed by atoms with Crippen LogP contribution >= 0.6 is 11.8 Å². The smallest absolute Gasteiger partial charge is 0.339 e. The van der Waals surface area contributed by atoms with E-state index in [4.69, 9.17) is 10.2 Å². The van der Waals surface area contributed by atoms with Gasteiger partial charge in [0, 0.05) is 16.3 Å². The number of carbonyl (C=O) groups is 5. The predicted molar refractivity (Wildman–Crippen MR) is 138 cm³/mol. The number of benzene rings is 3. The molecule has 2 amide bonds. The molecular weight excluding hydrogens is 516 g/mol. The molecule has 1 unspecified atom stereocenters. The number of aromatic hydroxyl groups is 1. The van der Waals surface area contributed by atoms with Gasteiger partial charge in [-0.1, -0.05) is 13.0 Å². The molecule has 0 fully saturated rings. The van der Waals surface area contributed by atoms with Gasteiger partial charge in [-0.25, -0.2) is 14.4 Å². The molecule has 0 aliphatic heterocycles. The van der Waals surface area contributed by atoms with Crippen molar-refractivity contribution in [3.63, 3.8) is 0 Å². The Labute approximate surface area is 220 Å². The lowest BCUT2D eigenvalue weighted by atomic mass is 10.0. The Bertz CT molecular complexity index is 1440. The van der Waals surface area contributed by atoms with Crippen molar-refractivity contribution in [1.29, 1.82) is 0 Å². The fourth-order valence-electron chi connectivity index (χ4n) is 3.39. The Kier molecular flexibility index (Phi) is 8.71. The van der Waals surface area contributed by atoms with E-state index in [1.165, 1.54) is 23.9 Å². The quantitative estimate of drug-likeness (QED) is 0.161. The van der Waals surface area contributed by atoms with Gasteiger partial charge in [-0.3, -0.25) is 9.59 Å². The Morgan fingerprint density at radius 1 is 0.763 bits per heavy atom. The van der Waals surface area contributed by atoms with Crippen molar-refractivity contribution in [1.82, 2.24) is 0 Å². The molecule has 3 aromatic carbocycles. The molecule has 3 rings (SSSR count). The van der Waals surface area contributed by atoms with Gasteiger partial charge in [-0.2, -0.15) is 0 Å². The second-order valence-electron chi connectivity index (χ2n) is 7.89. The molecule has 0 bridgehead atoms. The van der Waals surface area contributed by atoms with E-state index in [1.807, 2.05) is 0 Å². The van der Waals surface area contributed by atoms with Crippen LogP contribution in [0.5, 0.6) is 5.75 Å². The molecule has 1 atom stereocenters. The average molecular weight is 539 g/mol. The van der Waals surface area contributed by atoms with Crippen LogP contribution in [-0.2, 0) is 4.79 Å². The number of anilines is 2. The summed E-state index contributed by atoms with van der Waals surface area (Å²) in [4.78, 5) is 60.2. The molecule has 0 saturated carbocycles. The summed E-state index contributed by atoms with van der Waals surface area (Å²) in [6.07, 6.45) is 0.412. The van der Waals surface area contributed by atoms with Crippen LogP contribution in [-0.4, -0.2) is 55.4 Å². The zero-order chi connectivity index (χ0) is 28.0. The van der Waals surface area contributed by atoms with E-state index in [0.717, 1.165) is 24.3 Å². The van der Waals surface area contributed by atoms with Gasteiger partial charge >= 0.3 is 17.9 Å². The third-order valence-electron chi connectivity index (χ3n) is 5.27. The molecule has 0 aliphatic carbocycles. The van der Waals surface area contributed by atoms with Gasteiger partial charge in [0.2, 0.25) is 5.91 Å². The van der Waals surface area contributed by atoms with Crippen LogP contribution in [0.2, 0.25) is 0 Å². The van der Waals surface area contributed by atoms with E-state index in [-0.39, 0.29) is 22.4 Å². The zero-order valence-electron chi connectivity index (χ0n) is 19.8. The van der Waals surface area contributed by atoms with Gasteiger partial charge in [0.05, 0.1) is 21.9 Å². The molecule has 38 heavy (non-hydrogen) atoms. The maximum Gasteiger partial charge on any atom is 0.339 e. The first kappa shape index (κ1) is 27.7. The second kappa shape index (κ2) is 11.9. The number of rotatable bonds is 10. The number of aromatic carboxylic acids is 3. The Morgan fingerprint density at radius 2 is 1.45 bits per heavy atom. The molecule has 0 radical (unpaired) electrons. The highest BCUT2D eigenvalue weighted by molar-refractivity contribution is 8.00. The fraction of sp³-hybridized carbons (Fsp3) is 0.115. The monoisotopic (exact) mass is 538 g/mol. The summed E-state index contributed by atoms with van der Waals surface area (Å²) in [6.45, 7) is 1.79. The van der Waals surface area contributed by atoms with Gasteiger partial charge in [0.1, 0.15) is 11.3 Å². The van der Waals surface area contributed by atoms with Crippen LogP contribution in [0.1, 0.15) is 54.8 Å². The number of nitrogens with one attached hydrogen (secondary N) is 2. The maximum absolute atomic E-state index is 12.8. The zero-order valence-corrected chi connectivity index (χ0v) is 20.6. The van der Waals surface area contributed by atoms with Crippen molar-refractivity contribution < 1.29 is 44.4 Å². The van der Waals surface area contributed by atoms with Crippen molar-refractivity contribution in [2.24, 2.45) is 0 Å². The first-order valence-electron chi connectivity index (χ1n) is 11.1. The maximum atomic E-state index is 12.8. The molecule has 0 aliphatic rings. The summed E-state index contributed by atoms with van der Waals surface area (Å²) in [6, 6.07) is 13.4. The Hall–Kier alpha value is -4.84. The third-order valence-corrected chi connectivity index (χ3v) is 6.63. The number of carboxylic acid groups (broad SMARTS) is 3. The summed E-state index contributed by atoms with van der Waals surface area (Å²) in [5.74, 6) is -5.71. The van der Waals surface area contributed by atoms with Crippen LogP contribution < -0.4 is 10.6 Å². The lowest BCUT2D eigenvalue weighted by Gasteiger charge is -2.16. The number of amides is 2. The molecule has 12 heteroatoms. The van der Waals surface area contributed by atoms with Gasteiger partial charge in [-0.05, 0) is 61.0 Å². The van der Waals surface area contributed by atoms with Gasteiger partial charge < -0.3 is 31.1 Å². The van der Waals surface area contributed by atoms with E-state index in [2.05, 4.69) is 10.6 Å². The van der Waals surface area contributed by atoms with Gasteiger partial charge in [0.25, 0.3) is 5.91 Å². The van der Waals surface area contributed by atoms with Crippen molar-refractivity contribution in [2.75, 3.05) is 10.6 Å². The number of carbonyl (C=O) groups excluding carboxylic acids is 2. The molecule has 11 nitrogen and oxygen atoms in total. The summed E-state index contributed by atoms with van der Waals surface area (Å²) in [7, 11) is 0. The standard InChI is InChI=1S/C26H22N2O9S/c1-2-21(23(31)28-15-7-9-20(29)19(12-15)26(36)37)38-16-5-3-4-14(11-16)27-22(30)17-8-6-13(24(32)33)10-18(17)25(34)35/h3-12,21,29H,2H2,1H3,(H,27,30)(H,28,31)(H,32,33)(H,34,35)(H,36,37). The predicted octanol–water partition coefficient (Wildman–Crippen LogP) is 4.25. The number of carboxylic acids is 3. The van der Waals surface area contributed by atoms with Gasteiger partial charge in [0.15, 0.2) is 0 Å². The van der Waals surface area contributed by atoms with Crippen molar-refractivity contribution in [2.45, 2.75) is 23.5 Å². The lowest BCUT2D eigenvalue weighted by Crippen LogP contribution is -2.24. The van der Waals surface area contributed by atoms with Gasteiger partial charge in [-0.15, -0.1) is 11.8 Å². The van der Waals surface area contributed by atoms with E-state index >= 15 is 0 Å². The van der Waals surface area contributed by atoms with Crippen LogP contribution in [0.15, 0.2) is 65.6 Å². The summed E-state index contributed by atoms with van der Waals surface area (Å²) < 4.78 is 0. The van der Waals surface area contributed by atoms with E-state index < -0.39 is 46.3 Å². The van der Waals surface area contributed by atoms with Crippen LogP contribution in [0.4, 0.5) is 11.4 Å². The highest BCUT2D eigenvalue weighted by Gasteiger charge is 2.21. The first-order chi connectivity index (χ1) is 18.0. The van der Waals surface area contributed by atoms with Crippen LogP contribution in [0.3, 0.4) is 0 Å². The minimum Gasteiger partial charge on any atom is -0.507 e. The van der Waals surface area contributed by atoms with E-state index in [9.17, 15) is 34.2 Å². The normalized spacial score (nSPS) is 11.3. The Morgan fingerprint density at radius 3 is 2.08 bits per heavy atom. The minimum atomic E-state index is -1.46. The lowest BCUT2D eigenvalue weighted by molar-refractivity contribution is -0.115. The van der Waals surface area contributed by atoms with Crippen molar-refractivity contribution in [3.05, 3.63) is 82.9 Å². The van der Waals surface area contributed by atoms with Crippen LogP contribution in [0, 0.1) is 0 Å². The highest BCUT2D eigenvalue weighted by atomic mass is 32.2. The fourth-order valence-corrected chi connectivity index (χ4v) is 4.41. The Balaban J connectivity index is 1.74. The SMILES string of the molecule is CCC(Sc1cccc(NC(=O)c2ccc(C(=O)O)cc2C(=O)O)c1)C(=O)Nc1ccc(O)c(C(=O)O)c1. The van der Waals surface area contributed by atoms with Crippen molar-refractivity contribution >= 4 is 52.9 Å².